The van der Waals surface area contributed by atoms with Gasteiger partial charge in [0.1, 0.15) is 18.6 Å². The summed E-state index contributed by atoms with van der Waals surface area (Å²) in [6, 6.07) is 9.54. The van der Waals surface area contributed by atoms with Gasteiger partial charge in [-0.15, -0.1) is 0 Å². The number of ether oxygens (including phenoxy) is 1. The first-order valence-electron chi connectivity index (χ1n) is 8.64. The summed E-state index contributed by atoms with van der Waals surface area (Å²) in [5.74, 6) is 1.08. The molecule has 1 aromatic carbocycles. The van der Waals surface area contributed by atoms with Crippen LogP contribution in [0.2, 0.25) is 0 Å². The van der Waals surface area contributed by atoms with Crippen molar-refractivity contribution in [1.29, 1.82) is 0 Å². The van der Waals surface area contributed by atoms with E-state index in [1.54, 1.807) is 6.26 Å². The number of benzene rings is 1. The van der Waals surface area contributed by atoms with E-state index < -0.39 is 12.8 Å². The molecule has 0 amide bonds. The smallest absolute Gasteiger partial charge is 0.411 e. The third kappa shape index (κ3) is 8.12. The van der Waals surface area contributed by atoms with Crippen molar-refractivity contribution in [2.75, 3.05) is 26.3 Å². The molecule has 2 N–H and O–H groups in total. The van der Waals surface area contributed by atoms with Crippen molar-refractivity contribution >= 4 is 5.96 Å². The molecule has 0 unspecified atom stereocenters. The van der Waals surface area contributed by atoms with Crippen LogP contribution in [0.3, 0.4) is 0 Å². The Balaban J connectivity index is 1.79. The van der Waals surface area contributed by atoms with Gasteiger partial charge in [-0.1, -0.05) is 18.2 Å². The van der Waals surface area contributed by atoms with Gasteiger partial charge in [-0.3, -0.25) is 0 Å². The largest absolute Gasteiger partial charge is 0.444 e. The predicted molar refractivity (Wildman–Crippen MR) is 96.2 cm³/mol. The molecule has 2 rings (SSSR count). The van der Waals surface area contributed by atoms with Crippen LogP contribution in [0.5, 0.6) is 0 Å². The molecular formula is C18H23F3N4O2. The highest BCUT2D eigenvalue weighted by Crippen LogP contribution is 2.18. The zero-order valence-corrected chi connectivity index (χ0v) is 15.1. The van der Waals surface area contributed by atoms with Gasteiger partial charge in [-0.2, -0.15) is 13.2 Å². The number of hydrogen-bond acceptors (Lipinski definition) is 4. The van der Waals surface area contributed by atoms with Crippen LogP contribution in [-0.2, 0) is 11.3 Å². The fraction of sp³-hybridized carbons (Fsp3) is 0.444. The average Bonchev–Trinajstić information content (AvgIpc) is 3.11. The summed E-state index contributed by atoms with van der Waals surface area (Å²) in [5.41, 5.74) is 1.57. The molecule has 0 saturated carbocycles. The molecule has 0 radical (unpaired) electrons. The highest BCUT2D eigenvalue weighted by Gasteiger charge is 2.27. The number of alkyl halides is 3. The second-order valence-corrected chi connectivity index (χ2v) is 5.65. The molecule has 0 saturated heterocycles. The van der Waals surface area contributed by atoms with E-state index in [2.05, 4.69) is 25.3 Å². The van der Waals surface area contributed by atoms with Gasteiger partial charge in [-0.05, 0) is 25.5 Å². The lowest BCUT2D eigenvalue weighted by molar-refractivity contribution is -0.173. The topological polar surface area (TPSA) is 71.7 Å². The lowest BCUT2D eigenvalue weighted by Gasteiger charge is -2.11. The SMILES string of the molecule is CCNC(=NCc1coc(-c2ccccc2)n1)NCCCOCC(F)(F)F. The molecule has 6 nitrogen and oxygen atoms in total. The summed E-state index contributed by atoms with van der Waals surface area (Å²) in [5, 5.41) is 6.11. The van der Waals surface area contributed by atoms with E-state index in [0.717, 1.165) is 5.56 Å². The van der Waals surface area contributed by atoms with Gasteiger partial charge in [-0.25, -0.2) is 9.98 Å². The molecule has 1 heterocycles. The Kier molecular flexibility index (Phi) is 8.12. The van der Waals surface area contributed by atoms with Crippen molar-refractivity contribution in [2.24, 2.45) is 4.99 Å². The Labute approximate surface area is 155 Å². The number of halogens is 3. The van der Waals surface area contributed by atoms with Crippen LogP contribution in [0.1, 0.15) is 19.0 Å². The standard InChI is InChI=1S/C18H23F3N4O2/c1-2-22-17(23-9-6-10-26-13-18(19,20)21)24-11-15-12-27-16(25-15)14-7-4-3-5-8-14/h3-5,7-8,12H,2,6,9-11,13H2,1H3,(H2,22,23,24). The first-order valence-corrected chi connectivity index (χ1v) is 8.64. The fourth-order valence-corrected chi connectivity index (χ4v) is 2.16. The maximum atomic E-state index is 12.0. The molecule has 9 heteroatoms. The van der Waals surface area contributed by atoms with Crippen molar-refractivity contribution in [3.63, 3.8) is 0 Å². The first-order chi connectivity index (χ1) is 13.0. The van der Waals surface area contributed by atoms with Crippen molar-refractivity contribution < 1.29 is 22.3 Å². The maximum Gasteiger partial charge on any atom is 0.411 e. The van der Waals surface area contributed by atoms with Crippen LogP contribution in [-0.4, -0.2) is 43.4 Å². The minimum atomic E-state index is -4.29. The summed E-state index contributed by atoms with van der Waals surface area (Å²) in [4.78, 5) is 8.80. The number of guanidine groups is 1. The second-order valence-electron chi connectivity index (χ2n) is 5.65. The number of nitrogens with zero attached hydrogens (tertiary/aromatic N) is 2. The van der Waals surface area contributed by atoms with E-state index in [4.69, 9.17) is 4.42 Å². The summed E-state index contributed by atoms with van der Waals surface area (Å²) in [6.45, 7) is 2.14. The average molecular weight is 384 g/mol. The Morgan fingerprint density at radius 1 is 1.22 bits per heavy atom. The van der Waals surface area contributed by atoms with Crippen molar-refractivity contribution in [3.8, 4) is 11.5 Å². The van der Waals surface area contributed by atoms with Crippen molar-refractivity contribution in [1.82, 2.24) is 15.6 Å². The Hall–Kier alpha value is -2.55. The third-order valence-electron chi connectivity index (χ3n) is 3.34. The minimum absolute atomic E-state index is 0.0234. The Morgan fingerprint density at radius 2 is 2.00 bits per heavy atom. The predicted octanol–water partition coefficient (Wildman–Crippen LogP) is 3.37. The molecule has 2 aromatic rings. The van der Waals surface area contributed by atoms with Crippen LogP contribution in [0.15, 0.2) is 46.0 Å². The Morgan fingerprint density at radius 3 is 2.70 bits per heavy atom. The van der Waals surface area contributed by atoms with Gasteiger partial charge < -0.3 is 19.8 Å². The molecule has 0 spiro atoms. The van der Waals surface area contributed by atoms with Crippen LogP contribution in [0.25, 0.3) is 11.5 Å². The highest BCUT2D eigenvalue weighted by molar-refractivity contribution is 5.79. The van der Waals surface area contributed by atoms with E-state index in [1.165, 1.54) is 0 Å². The number of rotatable bonds is 9. The van der Waals surface area contributed by atoms with Gasteiger partial charge >= 0.3 is 6.18 Å². The van der Waals surface area contributed by atoms with Crippen molar-refractivity contribution in [3.05, 3.63) is 42.3 Å². The number of hydrogen-bond donors (Lipinski definition) is 2. The van der Waals surface area contributed by atoms with Crippen LogP contribution >= 0.6 is 0 Å². The van der Waals surface area contributed by atoms with Crippen molar-refractivity contribution in [2.45, 2.75) is 26.1 Å². The monoisotopic (exact) mass is 384 g/mol. The molecule has 0 aliphatic rings. The molecule has 27 heavy (non-hydrogen) atoms. The van der Waals surface area contributed by atoms with Gasteiger partial charge in [0.05, 0.1) is 6.54 Å². The summed E-state index contributed by atoms with van der Waals surface area (Å²) in [6.07, 6.45) is -2.30. The molecule has 0 bridgehead atoms. The van der Waals surface area contributed by atoms with E-state index in [0.29, 0.717) is 43.6 Å². The number of oxazole rings is 1. The van der Waals surface area contributed by atoms with Gasteiger partial charge in [0, 0.05) is 25.3 Å². The van der Waals surface area contributed by atoms with E-state index in [-0.39, 0.29) is 6.61 Å². The first kappa shape index (κ1) is 20.8. The summed E-state index contributed by atoms with van der Waals surface area (Å²) in [7, 11) is 0. The molecule has 1 aromatic heterocycles. The summed E-state index contributed by atoms with van der Waals surface area (Å²) < 4.78 is 46.0. The zero-order chi connectivity index (χ0) is 19.5. The molecule has 0 atom stereocenters. The zero-order valence-electron chi connectivity index (χ0n) is 15.1. The van der Waals surface area contributed by atoms with Crippen LogP contribution in [0, 0.1) is 0 Å². The lowest BCUT2D eigenvalue weighted by atomic mass is 10.2. The fourth-order valence-electron chi connectivity index (χ4n) is 2.16. The van der Waals surface area contributed by atoms with Crippen LogP contribution < -0.4 is 10.6 Å². The van der Waals surface area contributed by atoms with Crippen LogP contribution in [0.4, 0.5) is 13.2 Å². The lowest BCUT2D eigenvalue weighted by Crippen LogP contribution is -2.38. The molecule has 148 valence electrons. The molecular weight excluding hydrogens is 361 g/mol. The minimum Gasteiger partial charge on any atom is -0.444 e. The Bertz CT molecular complexity index is 702. The quantitative estimate of drug-likeness (QED) is 0.394. The maximum absolute atomic E-state index is 12.0. The number of aromatic nitrogens is 1. The highest BCUT2D eigenvalue weighted by atomic mass is 19.4. The summed E-state index contributed by atoms with van der Waals surface area (Å²) >= 11 is 0. The normalized spacial score (nSPS) is 12.2. The number of aliphatic imine (C=N–C) groups is 1. The second kappa shape index (κ2) is 10.6. The molecule has 0 aliphatic carbocycles. The van der Waals surface area contributed by atoms with Gasteiger partial charge in [0.2, 0.25) is 5.89 Å². The van der Waals surface area contributed by atoms with Gasteiger partial charge in [0.25, 0.3) is 0 Å². The molecule has 0 aliphatic heterocycles. The van der Waals surface area contributed by atoms with Gasteiger partial charge in [0.15, 0.2) is 5.96 Å². The van der Waals surface area contributed by atoms with E-state index in [1.807, 2.05) is 37.3 Å². The van der Waals surface area contributed by atoms with E-state index >= 15 is 0 Å². The third-order valence-corrected chi connectivity index (χ3v) is 3.34. The molecule has 0 fully saturated rings. The van der Waals surface area contributed by atoms with E-state index in [9.17, 15) is 13.2 Å². The number of nitrogens with one attached hydrogen (secondary N) is 2.